The second kappa shape index (κ2) is 3.53. The molecule has 9 heteroatoms. The van der Waals surface area contributed by atoms with Crippen molar-refractivity contribution in [2.24, 2.45) is 5.73 Å². The molecule has 0 bridgehead atoms. The number of aromatic amines is 1. The molecule has 0 saturated heterocycles. The maximum Gasteiger partial charge on any atom is 0.224 e. The van der Waals surface area contributed by atoms with E-state index < -0.39 is 0 Å². The highest BCUT2D eigenvalue weighted by molar-refractivity contribution is 7.80. The Morgan fingerprint density at radius 3 is 3.00 bits per heavy atom. The number of nitrogens with one attached hydrogen (secondary N) is 3. The fourth-order valence-corrected chi connectivity index (χ4v) is 1.11. The van der Waals surface area contributed by atoms with Crippen molar-refractivity contribution in [3.63, 3.8) is 0 Å². The molecule has 0 radical (unpaired) electrons. The summed E-state index contributed by atoms with van der Waals surface area (Å²) >= 11 is 4.63. The van der Waals surface area contributed by atoms with Crippen LogP contribution in [0.5, 0.6) is 0 Å². The molecular formula is C6H8N8S. The monoisotopic (exact) mass is 224 g/mol. The van der Waals surface area contributed by atoms with E-state index in [4.69, 9.17) is 11.5 Å². The van der Waals surface area contributed by atoms with E-state index in [1.54, 1.807) is 0 Å². The van der Waals surface area contributed by atoms with Gasteiger partial charge in [0.2, 0.25) is 5.95 Å². The van der Waals surface area contributed by atoms with Crippen molar-refractivity contribution >= 4 is 40.3 Å². The van der Waals surface area contributed by atoms with Gasteiger partial charge in [0, 0.05) is 0 Å². The molecule has 0 aliphatic heterocycles. The SMILES string of the molecule is NC(=S)NNc1nc(N)nc2nc[nH]c12. The van der Waals surface area contributed by atoms with Crippen LogP contribution in [0, 0.1) is 0 Å². The summed E-state index contributed by atoms with van der Waals surface area (Å²) in [5, 5.41) is 0.0971. The maximum atomic E-state index is 5.48. The van der Waals surface area contributed by atoms with Gasteiger partial charge in [0.15, 0.2) is 16.6 Å². The van der Waals surface area contributed by atoms with Crippen molar-refractivity contribution in [2.45, 2.75) is 0 Å². The molecule has 0 spiro atoms. The molecule has 0 amide bonds. The van der Waals surface area contributed by atoms with E-state index in [1.165, 1.54) is 6.33 Å². The lowest BCUT2D eigenvalue weighted by Crippen LogP contribution is -2.34. The Morgan fingerprint density at radius 1 is 1.47 bits per heavy atom. The van der Waals surface area contributed by atoms with Crippen molar-refractivity contribution in [3.8, 4) is 0 Å². The van der Waals surface area contributed by atoms with Crippen LogP contribution in [0.2, 0.25) is 0 Å². The highest BCUT2D eigenvalue weighted by Gasteiger charge is 2.07. The van der Waals surface area contributed by atoms with E-state index in [2.05, 4.69) is 43.0 Å². The fourth-order valence-electron chi connectivity index (χ4n) is 1.06. The minimum absolute atomic E-state index is 0.0971. The summed E-state index contributed by atoms with van der Waals surface area (Å²) in [6.45, 7) is 0. The fraction of sp³-hybridized carbons (Fsp3) is 0. The lowest BCUT2D eigenvalue weighted by atomic mass is 10.5. The van der Waals surface area contributed by atoms with Gasteiger partial charge >= 0.3 is 0 Å². The maximum absolute atomic E-state index is 5.48. The predicted octanol–water partition coefficient (Wildman–Crippen LogP) is -0.905. The highest BCUT2D eigenvalue weighted by Crippen LogP contribution is 2.15. The molecular weight excluding hydrogens is 216 g/mol. The zero-order chi connectivity index (χ0) is 10.8. The Labute approximate surface area is 89.5 Å². The van der Waals surface area contributed by atoms with Gasteiger partial charge in [-0.05, 0) is 12.2 Å². The molecule has 2 aromatic heterocycles. The van der Waals surface area contributed by atoms with Gasteiger partial charge in [-0.1, -0.05) is 0 Å². The Bertz CT molecular complexity index is 505. The standard InChI is InChI=1S/C6H8N8S/c7-5-11-3-2(9-1-10-3)4(12-5)13-14-6(8)15/h1H,(H3,8,14,15)(H4,7,9,10,11,12,13). The molecule has 0 fully saturated rings. The van der Waals surface area contributed by atoms with Gasteiger partial charge in [-0.25, -0.2) is 4.98 Å². The molecule has 2 aromatic rings. The Kier molecular flexibility index (Phi) is 2.21. The Hall–Kier alpha value is -2.16. The number of hydrazine groups is 1. The molecule has 0 saturated carbocycles. The van der Waals surface area contributed by atoms with E-state index in [9.17, 15) is 0 Å². The zero-order valence-corrected chi connectivity index (χ0v) is 8.30. The van der Waals surface area contributed by atoms with E-state index in [0.29, 0.717) is 17.0 Å². The zero-order valence-electron chi connectivity index (χ0n) is 7.48. The van der Waals surface area contributed by atoms with Gasteiger partial charge in [-0.2, -0.15) is 9.97 Å². The number of rotatable bonds is 2. The van der Waals surface area contributed by atoms with Crippen LogP contribution >= 0.6 is 12.2 Å². The van der Waals surface area contributed by atoms with Crippen molar-refractivity contribution in [3.05, 3.63) is 6.33 Å². The minimum Gasteiger partial charge on any atom is -0.375 e. The summed E-state index contributed by atoms with van der Waals surface area (Å²) in [6, 6.07) is 0. The number of hydrogen-bond acceptors (Lipinski definition) is 6. The first kappa shape index (κ1) is 9.40. The van der Waals surface area contributed by atoms with Crippen molar-refractivity contribution in [1.29, 1.82) is 0 Å². The molecule has 7 N–H and O–H groups in total. The number of fused-ring (bicyclic) bond motifs is 1. The molecule has 0 unspecified atom stereocenters. The van der Waals surface area contributed by atoms with Gasteiger partial charge in [-0.15, -0.1) is 0 Å². The highest BCUT2D eigenvalue weighted by atomic mass is 32.1. The summed E-state index contributed by atoms with van der Waals surface area (Å²) in [6.07, 6.45) is 1.49. The number of hydrogen-bond donors (Lipinski definition) is 5. The summed E-state index contributed by atoms with van der Waals surface area (Å²) in [5.74, 6) is 0.546. The predicted molar refractivity (Wildman–Crippen MR) is 59.6 cm³/mol. The Balaban J connectivity index is 2.39. The summed E-state index contributed by atoms with van der Waals surface area (Å²) in [5.41, 5.74) is 17.1. The number of anilines is 2. The minimum atomic E-state index is 0.0971. The smallest absolute Gasteiger partial charge is 0.224 e. The lowest BCUT2D eigenvalue weighted by molar-refractivity contribution is 1.08. The van der Waals surface area contributed by atoms with Crippen LogP contribution in [0.3, 0.4) is 0 Å². The van der Waals surface area contributed by atoms with Crippen molar-refractivity contribution in [1.82, 2.24) is 25.4 Å². The van der Waals surface area contributed by atoms with Gasteiger partial charge < -0.3 is 16.5 Å². The average molecular weight is 224 g/mol. The van der Waals surface area contributed by atoms with E-state index >= 15 is 0 Å². The van der Waals surface area contributed by atoms with Crippen molar-refractivity contribution < 1.29 is 0 Å². The third-order valence-corrected chi connectivity index (χ3v) is 1.71. The molecule has 15 heavy (non-hydrogen) atoms. The number of imidazole rings is 1. The lowest BCUT2D eigenvalue weighted by Gasteiger charge is -2.07. The van der Waals surface area contributed by atoms with E-state index in [-0.39, 0.29) is 11.1 Å². The first-order chi connectivity index (χ1) is 7.16. The van der Waals surface area contributed by atoms with Crippen molar-refractivity contribution in [2.75, 3.05) is 11.2 Å². The topological polar surface area (TPSA) is 131 Å². The van der Waals surface area contributed by atoms with Crippen LogP contribution in [0.1, 0.15) is 0 Å². The summed E-state index contributed by atoms with van der Waals surface area (Å²) < 4.78 is 0. The average Bonchev–Trinajstić information content (AvgIpc) is 2.61. The second-order valence-corrected chi connectivity index (χ2v) is 3.09. The first-order valence-electron chi connectivity index (χ1n) is 3.95. The van der Waals surface area contributed by atoms with Gasteiger partial charge in [0.05, 0.1) is 6.33 Å². The van der Waals surface area contributed by atoms with Crippen LogP contribution in [-0.2, 0) is 0 Å². The number of nitrogen functional groups attached to an aromatic ring is 1. The number of nitrogens with two attached hydrogens (primary N) is 2. The molecule has 0 aromatic carbocycles. The van der Waals surface area contributed by atoms with Crippen LogP contribution in [0.4, 0.5) is 11.8 Å². The molecule has 2 rings (SSSR count). The third-order valence-electron chi connectivity index (χ3n) is 1.61. The van der Waals surface area contributed by atoms with Crippen LogP contribution < -0.4 is 22.3 Å². The van der Waals surface area contributed by atoms with E-state index in [0.717, 1.165) is 0 Å². The van der Waals surface area contributed by atoms with Crippen LogP contribution in [0.15, 0.2) is 6.33 Å². The number of thiocarbonyl (C=S) groups is 1. The second-order valence-electron chi connectivity index (χ2n) is 2.65. The third kappa shape index (κ3) is 1.86. The quantitative estimate of drug-likeness (QED) is 0.327. The van der Waals surface area contributed by atoms with E-state index in [1.807, 2.05) is 0 Å². The summed E-state index contributed by atoms with van der Waals surface area (Å²) in [4.78, 5) is 14.7. The molecule has 78 valence electrons. The van der Waals surface area contributed by atoms with Crippen LogP contribution in [0.25, 0.3) is 11.2 Å². The largest absolute Gasteiger partial charge is 0.375 e. The van der Waals surface area contributed by atoms with Gasteiger partial charge in [0.1, 0.15) is 5.52 Å². The molecule has 2 heterocycles. The Morgan fingerprint density at radius 2 is 2.27 bits per heavy atom. The summed E-state index contributed by atoms with van der Waals surface area (Å²) in [7, 11) is 0. The molecule has 0 atom stereocenters. The number of nitrogens with zero attached hydrogens (tertiary/aromatic N) is 3. The number of aromatic nitrogens is 4. The molecule has 8 nitrogen and oxygen atoms in total. The van der Waals surface area contributed by atoms with Gasteiger partial charge in [0.25, 0.3) is 0 Å². The van der Waals surface area contributed by atoms with Crippen LogP contribution in [-0.4, -0.2) is 25.0 Å². The molecule has 0 aliphatic rings. The molecule has 0 aliphatic carbocycles. The normalized spacial score (nSPS) is 10.1. The first-order valence-corrected chi connectivity index (χ1v) is 4.35. The van der Waals surface area contributed by atoms with Gasteiger partial charge in [-0.3, -0.25) is 10.9 Å². The number of H-pyrrole nitrogens is 1.